The lowest BCUT2D eigenvalue weighted by Crippen LogP contribution is -2.42. The highest BCUT2D eigenvalue weighted by Crippen LogP contribution is 2.50. The molecule has 1 aromatic heterocycles. The number of anilines is 1. The molecule has 0 saturated heterocycles. The van der Waals surface area contributed by atoms with Gasteiger partial charge in [-0.25, -0.2) is 0 Å². The van der Waals surface area contributed by atoms with Crippen molar-refractivity contribution in [2.75, 3.05) is 11.5 Å². The Bertz CT molecular complexity index is 1200. The van der Waals surface area contributed by atoms with Gasteiger partial charge in [0.2, 0.25) is 5.13 Å². The van der Waals surface area contributed by atoms with Crippen molar-refractivity contribution in [2.24, 2.45) is 11.1 Å². The molecule has 2 aromatic rings. The van der Waals surface area contributed by atoms with Crippen molar-refractivity contribution >= 4 is 34.5 Å². The molecule has 31 heavy (non-hydrogen) atoms. The number of hydrogen-bond acceptors (Lipinski definition) is 8. The van der Waals surface area contributed by atoms with Gasteiger partial charge in [-0.3, -0.25) is 14.8 Å². The fraction of sp³-hybridized carbons (Fsp3) is 0.364. The van der Waals surface area contributed by atoms with E-state index in [0.717, 1.165) is 17.0 Å². The number of allylic oxidation sites excluding steroid dienone is 3. The molecular formula is C22H23N5O2S2. The van der Waals surface area contributed by atoms with E-state index in [4.69, 9.17) is 22.7 Å². The lowest BCUT2D eigenvalue weighted by molar-refractivity contribution is -0.118. The van der Waals surface area contributed by atoms with Gasteiger partial charge in [-0.1, -0.05) is 37.3 Å². The number of rotatable bonds is 4. The number of benzene rings is 1. The third-order valence-corrected chi connectivity index (χ3v) is 6.60. The molecule has 0 radical (unpaired) electrons. The number of nitriles is 1. The fourth-order valence-corrected chi connectivity index (χ4v) is 5.22. The molecule has 0 fully saturated rings. The largest absolute Gasteiger partial charge is 0.494 e. The van der Waals surface area contributed by atoms with Crippen molar-refractivity contribution in [2.45, 2.75) is 39.5 Å². The van der Waals surface area contributed by atoms with Crippen molar-refractivity contribution in [3.8, 4) is 11.8 Å². The standard InChI is InChI=1S/C22H23N5O2S2/c1-4-29-13-7-5-12(6-8-13)17-14(11-23)19(24)27(20-25-26-21(30)31-20)15-9-22(2,3)10-16(28)18(15)17/h5-8,17H,4,9-10,24H2,1-3H3,(H,26,30). The van der Waals surface area contributed by atoms with E-state index >= 15 is 0 Å². The summed E-state index contributed by atoms with van der Waals surface area (Å²) in [5, 5.41) is 17.6. The summed E-state index contributed by atoms with van der Waals surface area (Å²) in [6.07, 6.45) is 1.04. The number of hydrogen-bond donors (Lipinski definition) is 2. The highest BCUT2D eigenvalue weighted by Gasteiger charge is 2.45. The molecule has 2 aliphatic rings. The Labute approximate surface area is 189 Å². The molecule has 4 rings (SSSR count). The molecule has 0 amide bonds. The van der Waals surface area contributed by atoms with E-state index in [2.05, 4.69) is 30.1 Å². The molecule has 1 aliphatic carbocycles. The van der Waals surface area contributed by atoms with E-state index in [1.807, 2.05) is 31.2 Å². The third kappa shape index (κ3) is 3.77. The number of nitrogens with zero attached hydrogens (tertiary/aromatic N) is 3. The van der Waals surface area contributed by atoms with Crippen molar-refractivity contribution in [3.05, 3.63) is 56.4 Å². The smallest absolute Gasteiger partial charge is 0.216 e. The van der Waals surface area contributed by atoms with Crippen LogP contribution in [-0.4, -0.2) is 22.6 Å². The van der Waals surface area contributed by atoms with E-state index in [-0.39, 0.29) is 17.0 Å². The average molecular weight is 454 g/mol. The monoisotopic (exact) mass is 453 g/mol. The maximum absolute atomic E-state index is 13.4. The lowest BCUT2D eigenvalue weighted by atomic mass is 9.68. The van der Waals surface area contributed by atoms with E-state index in [9.17, 15) is 10.1 Å². The minimum Gasteiger partial charge on any atom is -0.494 e. The first-order chi connectivity index (χ1) is 14.8. The molecule has 3 N–H and O–H groups in total. The second kappa shape index (κ2) is 7.94. The van der Waals surface area contributed by atoms with E-state index in [0.29, 0.717) is 39.7 Å². The highest BCUT2D eigenvalue weighted by molar-refractivity contribution is 7.73. The Kier molecular flexibility index (Phi) is 5.45. The quantitative estimate of drug-likeness (QED) is 0.654. The number of nitrogens with two attached hydrogens (primary N) is 1. The molecule has 0 spiro atoms. The molecule has 2 heterocycles. The Morgan fingerprint density at radius 2 is 2.10 bits per heavy atom. The Hall–Kier alpha value is -2.96. The molecule has 0 bridgehead atoms. The van der Waals surface area contributed by atoms with E-state index in [1.54, 1.807) is 4.90 Å². The van der Waals surface area contributed by atoms with E-state index < -0.39 is 5.92 Å². The maximum atomic E-state index is 13.4. The Morgan fingerprint density at radius 1 is 1.39 bits per heavy atom. The van der Waals surface area contributed by atoms with Crippen LogP contribution in [0, 0.1) is 20.7 Å². The first-order valence-electron chi connectivity index (χ1n) is 10.00. The van der Waals surface area contributed by atoms with Gasteiger partial charge in [-0.15, -0.1) is 5.10 Å². The number of Topliss-reactive ketones (excluding diaryl/α,β-unsaturated/α-hetero) is 1. The van der Waals surface area contributed by atoms with Crippen LogP contribution in [0.15, 0.2) is 46.9 Å². The van der Waals surface area contributed by atoms with Crippen molar-refractivity contribution in [1.82, 2.24) is 10.2 Å². The summed E-state index contributed by atoms with van der Waals surface area (Å²) >= 11 is 6.46. The second-order valence-corrected chi connectivity index (χ2v) is 10.0. The van der Waals surface area contributed by atoms with Gasteiger partial charge in [0.25, 0.3) is 0 Å². The van der Waals surface area contributed by atoms with Crippen LogP contribution in [0.2, 0.25) is 0 Å². The van der Waals surface area contributed by atoms with Crippen molar-refractivity contribution < 1.29 is 9.53 Å². The number of carbonyl (C=O) groups excluding carboxylic acids is 1. The van der Waals surface area contributed by atoms with Gasteiger partial charge >= 0.3 is 0 Å². The summed E-state index contributed by atoms with van der Waals surface area (Å²) in [5.74, 6) is 0.515. The molecule has 1 aliphatic heterocycles. The molecule has 1 aromatic carbocycles. The zero-order valence-corrected chi connectivity index (χ0v) is 19.2. The van der Waals surface area contributed by atoms with Crippen molar-refractivity contribution in [1.29, 1.82) is 5.26 Å². The number of nitrogens with one attached hydrogen (secondary N) is 1. The third-order valence-electron chi connectivity index (χ3n) is 5.52. The molecule has 9 heteroatoms. The maximum Gasteiger partial charge on any atom is 0.216 e. The van der Waals surface area contributed by atoms with Crippen LogP contribution in [-0.2, 0) is 4.79 Å². The predicted octanol–water partition coefficient (Wildman–Crippen LogP) is 4.54. The summed E-state index contributed by atoms with van der Waals surface area (Å²) in [4.78, 5) is 15.2. The number of aromatic amines is 1. The van der Waals surface area contributed by atoms with Gasteiger partial charge in [-0.05, 0) is 48.7 Å². The number of H-pyrrole nitrogens is 1. The first kappa shape index (κ1) is 21.3. The summed E-state index contributed by atoms with van der Waals surface area (Å²) in [5.41, 5.74) is 8.87. The van der Waals surface area contributed by atoms with Crippen LogP contribution < -0.4 is 15.4 Å². The van der Waals surface area contributed by atoms with Gasteiger partial charge in [0.15, 0.2) is 9.74 Å². The van der Waals surface area contributed by atoms with Crippen LogP contribution in [0.25, 0.3) is 0 Å². The minimum absolute atomic E-state index is 0.0227. The second-order valence-electron chi connectivity index (χ2n) is 8.38. The molecule has 0 saturated carbocycles. The summed E-state index contributed by atoms with van der Waals surface area (Å²) < 4.78 is 6.04. The molecular weight excluding hydrogens is 430 g/mol. The fourth-order valence-electron chi connectivity index (χ4n) is 4.30. The van der Waals surface area contributed by atoms with Crippen LogP contribution in [0.3, 0.4) is 0 Å². The first-order valence-corrected chi connectivity index (χ1v) is 11.2. The summed E-state index contributed by atoms with van der Waals surface area (Å²) in [7, 11) is 0. The van der Waals surface area contributed by atoms with Crippen LogP contribution in [0.4, 0.5) is 5.13 Å². The number of ether oxygens (including phenoxy) is 1. The molecule has 1 atom stereocenters. The lowest BCUT2D eigenvalue weighted by Gasteiger charge is -2.42. The Balaban J connectivity index is 1.94. The SMILES string of the molecule is CCOc1ccc(C2C(C#N)=C(N)N(c3n[nH]c(=S)s3)C3=C2C(=O)CC(C)(C)C3)cc1. The van der Waals surface area contributed by atoms with E-state index in [1.165, 1.54) is 11.3 Å². The molecule has 7 nitrogen and oxygen atoms in total. The zero-order valence-electron chi connectivity index (χ0n) is 17.6. The number of carbonyl (C=O) groups is 1. The van der Waals surface area contributed by atoms with Crippen LogP contribution >= 0.6 is 23.6 Å². The molecule has 160 valence electrons. The van der Waals surface area contributed by atoms with Gasteiger partial charge in [-0.2, -0.15) is 5.26 Å². The van der Waals surface area contributed by atoms with Crippen LogP contribution in [0.1, 0.15) is 45.1 Å². The number of aromatic nitrogens is 2. The number of ketones is 1. The van der Waals surface area contributed by atoms with Gasteiger partial charge in [0, 0.05) is 17.7 Å². The average Bonchev–Trinajstić information content (AvgIpc) is 3.13. The summed E-state index contributed by atoms with van der Waals surface area (Å²) in [6.45, 7) is 6.60. The highest BCUT2D eigenvalue weighted by atomic mass is 32.1. The van der Waals surface area contributed by atoms with Crippen molar-refractivity contribution in [3.63, 3.8) is 0 Å². The topological polar surface area (TPSA) is 108 Å². The summed E-state index contributed by atoms with van der Waals surface area (Å²) in [6, 6.07) is 9.76. The molecule has 1 unspecified atom stereocenters. The van der Waals surface area contributed by atoms with Gasteiger partial charge in [0.1, 0.15) is 11.6 Å². The van der Waals surface area contributed by atoms with Crippen LogP contribution in [0.5, 0.6) is 5.75 Å². The normalized spacial score (nSPS) is 20.5. The zero-order chi connectivity index (χ0) is 22.3. The Morgan fingerprint density at radius 3 is 2.68 bits per heavy atom. The predicted molar refractivity (Wildman–Crippen MR) is 122 cm³/mol. The minimum atomic E-state index is -0.526. The van der Waals surface area contributed by atoms with Gasteiger partial charge < -0.3 is 10.5 Å². The van der Waals surface area contributed by atoms with Gasteiger partial charge in [0.05, 0.1) is 24.2 Å².